The molecule has 9 rings (SSSR count). The number of hydrogen-bond donors (Lipinski definition) is 0. The molecule has 6 aromatic carbocycles. The van der Waals surface area contributed by atoms with Crippen LogP contribution in [0.25, 0.3) is 55.0 Å². The van der Waals surface area contributed by atoms with Crippen LogP contribution in [0.1, 0.15) is 0 Å². The highest BCUT2D eigenvalue weighted by Gasteiger charge is 2.37. The summed E-state index contributed by atoms with van der Waals surface area (Å²) in [6.07, 6.45) is 4.82. The van der Waals surface area contributed by atoms with Gasteiger partial charge >= 0.3 is 0 Å². The second-order valence-electron chi connectivity index (χ2n) is 11.8. The van der Waals surface area contributed by atoms with Gasteiger partial charge in [-0.25, -0.2) is 0 Å². The average molecular weight is 567 g/mol. The lowest BCUT2D eigenvalue weighted by Crippen LogP contribution is -2.56. The predicted octanol–water partition coefficient (Wildman–Crippen LogP) is 9.01. The van der Waals surface area contributed by atoms with Crippen LogP contribution in [0.5, 0.6) is 0 Å². The lowest BCUT2D eigenvalue weighted by Gasteiger charge is -2.29. The van der Waals surface area contributed by atoms with Crippen LogP contribution in [0.4, 0.5) is 0 Å². The average Bonchev–Trinajstić information content (AvgIpc) is 3.79. The molecule has 204 valence electrons. The first-order chi connectivity index (χ1) is 21.3. The first-order valence-corrected chi connectivity index (χ1v) is 17.6. The van der Waals surface area contributed by atoms with Crippen molar-refractivity contribution in [2.24, 2.45) is 0 Å². The molecular formula is C40H30N2Si. The van der Waals surface area contributed by atoms with E-state index in [2.05, 4.69) is 167 Å². The molecule has 2 nitrogen and oxygen atoms in total. The zero-order chi connectivity index (χ0) is 28.4. The summed E-state index contributed by atoms with van der Waals surface area (Å²) < 4.78 is 4.83. The molecule has 3 heteroatoms. The maximum atomic E-state index is 2.42. The number of hydrogen-bond acceptors (Lipinski definition) is 0. The lowest BCUT2D eigenvalue weighted by atomic mass is 10.2. The molecule has 0 radical (unpaired) electrons. The third-order valence-electron chi connectivity index (χ3n) is 9.62. The number of rotatable bonds is 4. The molecule has 0 saturated heterocycles. The van der Waals surface area contributed by atoms with Gasteiger partial charge in [0.1, 0.15) is 8.07 Å². The fourth-order valence-electron chi connectivity index (χ4n) is 7.55. The first kappa shape index (κ1) is 24.5. The maximum Gasteiger partial charge on any atom is 0.125 e. The Morgan fingerprint density at radius 3 is 0.977 bits per heavy atom. The highest BCUT2D eigenvalue weighted by Crippen LogP contribution is 2.34. The molecule has 0 saturated carbocycles. The van der Waals surface area contributed by atoms with Crippen LogP contribution in [-0.2, 0) is 0 Å². The van der Waals surface area contributed by atoms with E-state index in [1.807, 2.05) is 0 Å². The van der Waals surface area contributed by atoms with E-state index < -0.39 is 8.07 Å². The van der Waals surface area contributed by atoms with Crippen LogP contribution in [0.15, 0.2) is 158 Å². The van der Waals surface area contributed by atoms with Gasteiger partial charge in [-0.3, -0.25) is 0 Å². The van der Waals surface area contributed by atoms with Crippen molar-refractivity contribution >= 4 is 62.1 Å². The molecule has 0 atom stereocenters. The lowest BCUT2D eigenvalue weighted by molar-refractivity contribution is 1.18. The van der Waals surface area contributed by atoms with E-state index >= 15 is 0 Å². The van der Waals surface area contributed by atoms with Crippen molar-refractivity contribution in [3.8, 4) is 11.4 Å². The van der Waals surface area contributed by atoms with Crippen molar-refractivity contribution in [3.63, 3.8) is 0 Å². The van der Waals surface area contributed by atoms with Gasteiger partial charge < -0.3 is 9.13 Å². The number of allylic oxidation sites excluding steroid dienone is 2. The molecule has 0 fully saturated rings. The monoisotopic (exact) mass is 566 g/mol. The Bertz CT molecular complexity index is 2060. The first-order valence-electron chi connectivity index (χ1n) is 15.2. The van der Waals surface area contributed by atoms with E-state index in [1.54, 1.807) is 0 Å². The van der Waals surface area contributed by atoms with Gasteiger partial charge in [0.05, 0.1) is 22.1 Å². The number of fused-ring (bicyclic) bond motifs is 6. The minimum Gasteiger partial charge on any atom is -0.309 e. The Balaban J connectivity index is 1.13. The Labute approximate surface area is 251 Å². The van der Waals surface area contributed by atoms with Crippen molar-refractivity contribution in [1.82, 2.24) is 9.13 Å². The summed E-state index contributed by atoms with van der Waals surface area (Å²) in [5.41, 5.74) is 7.47. The summed E-state index contributed by atoms with van der Waals surface area (Å²) in [6.45, 7) is 0. The van der Waals surface area contributed by atoms with Crippen molar-refractivity contribution in [1.29, 1.82) is 0 Å². The molecule has 2 aromatic heterocycles. The molecule has 1 aliphatic rings. The molecule has 0 aliphatic carbocycles. The highest BCUT2D eigenvalue weighted by molar-refractivity contribution is 7.03. The third kappa shape index (κ3) is 3.58. The molecule has 0 unspecified atom stereocenters. The SMILES string of the molecule is C1=CC[Si](c2ccc(-n3c4ccccc4c4ccccc43)cc2)(c2ccc(-n3c4ccccc4c4ccccc43)cc2)C1. The summed E-state index contributed by atoms with van der Waals surface area (Å²) in [6, 6.07) is 56.3. The van der Waals surface area contributed by atoms with Gasteiger partial charge in [0, 0.05) is 32.9 Å². The molecule has 3 heterocycles. The second-order valence-corrected chi connectivity index (χ2v) is 15.9. The molecule has 0 amide bonds. The van der Waals surface area contributed by atoms with E-state index in [0.717, 1.165) is 12.1 Å². The Morgan fingerprint density at radius 1 is 0.349 bits per heavy atom. The van der Waals surface area contributed by atoms with Gasteiger partial charge in [-0.1, -0.05) is 120 Å². The Hall–Kier alpha value is -5.12. The largest absolute Gasteiger partial charge is 0.309 e. The quantitative estimate of drug-likeness (QED) is 0.149. The zero-order valence-electron chi connectivity index (χ0n) is 23.8. The van der Waals surface area contributed by atoms with Crippen LogP contribution in [0, 0.1) is 0 Å². The summed E-state index contributed by atoms with van der Waals surface area (Å²) in [7, 11) is -1.94. The van der Waals surface area contributed by atoms with Gasteiger partial charge in [0.25, 0.3) is 0 Å². The van der Waals surface area contributed by atoms with Crippen LogP contribution in [-0.4, -0.2) is 17.2 Å². The summed E-state index contributed by atoms with van der Waals surface area (Å²) in [5, 5.41) is 8.22. The van der Waals surface area contributed by atoms with Gasteiger partial charge in [0.15, 0.2) is 0 Å². The molecule has 1 aliphatic heterocycles. The highest BCUT2D eigenvalue weighted by atomic mass is 28.3. The molecule has 8 aromatic rings. The number of benzene rings is 6. The van der Waals surface area contributed by atoms with Crippen LogP contribution in [0.3, 0.4) is 0 Å². The minimum absolute atomic E-state index is 1.15. The predicted molar refractivity (Wildman–Crippen MR) is 185 cm³/mol. The van der Waals surface area contributed by atoms with Crippen LogP contribution >= 0.6 is 0 Å². The van der Waals surface area contributed by atoms with E-state index in [4.69, 9.17) is 0 Å². The standard InChI is InChI=1S/C40H30N2Si/c1-5-15-37-33(11-1)34-12-2-6-16-38(34)41(37)29-19-23-31(24-20-29)43(27-9-10-28-43)32-25-21-30(22-26-32)42-39-17-7-3-13-35(39)36-14-4-8-18-40(36)42/h1-26H,27-28H2. The number of nitrogens with zero attached hydrogens (tertiary/aromatic N) is 2. The third-order valence-corrected chi connectivity index (χ3v) is 14.4. The van der Waals surface area contributed by atoms with Crippen molar-refractivity contribution in [2.75, 3.05) is 0 Å². The summed E-state index contributed by atoms with van der Waals surface area (Å²) in [4.78, 5) is 0. The molecular weight excluding hydrogens is 537 g/mol. The van der Waals surface area contributed by atoms with Gasteiger partial charge in [-0.2, -0.15) is 0 Å². The fraction of sp³-hybridized carbons (Fsp3) is 0.0500. The van der Waals surface area contributed by atoms with Gasteiger partial charge in [0.2, 0.25) is 0 Å². The fourth-order valence-corrected chi connectivity index (χ4v) is 11.7. The van der Waals surface area contributed by atoms with Crippen LogP contribution in [0.2, 0.25) is 12.1 Å². The van der Waals surface area contributed by atoms with Gasteiger partial charge in [-0.05, 0) is 60.6 Å². The van der Waals surface area contributed by atoms with Crippen LogP contribution < -0.4 is 10.4 Å². The Kier molecular flexibility index (Phi) is 5.38. The van der Waals surface area contributed by atoms with E-state index in [-0.39, 0.29) is 0 Å². The normalized spacial score (nSPS) is 14.4. The molecule has 0 N–H and O–H groups in total. The summed E-state index contributed by atoms with van der Waals surface area (Å²) in [5.74, 6) is 0. The number of para-hydroxylation sites is 4. The van der Waals surface area contributed by atoms with Crippen molar-refractivity contribution in [3.05, 3.63) is 158 Å². The van der Waals surface area contributed by atoms with E-state index in [0.29, 0.717) is 0 Å². The second kappa shape index (κ2) is 9.45. The van der Waals surface area contributed by atoms with Crippen molar-refractivity contribution < 1.29 is 0 Å². The molecule has 0 bridgehead atoms. The molecule has 43 heavy (non-hydrogen) atoms. The molecule has 0 spiro atoms. The van der Waals surface area contributed by atoms with E-state index in [9.17, 15) is 0 Å². The zero-order valence-corrected chi connectivity index (χ0v) is 24.8. The maximum absolute atomic E-state index is 2.42. The van der Waals surface area contributed by atoms with Crippen molar-refractivity contribution in [2.45, 2.75) is 12.1 Å². The smallest absolute Gasteiger partial charge is 0.125 e. The minimum atomic E-state index is -1.94. The summed E-state index contributed by atoms with van der Waals surface area (Å²) >= 11 is 0. The van der Waals surface area contributed by atoms with Gasteiger partial charge in [-0.15, -0.1) is 0 Å². The Morgan fingerprint density at radius 2 is 0.651 bits per heavy atom. The number of aromatic nitrogens is 2. The topological polar surface area (TPSA) is 9.86 Å². The van der Waals surface area contributed by atoms with E-state index in [1.165, 1.54) is 65.4 Å².